The molecule has 0 saturated carbocycles. The molecule has 0 bridgehead atoms. The van der Waals surface area contributed by atoms with Crippen LogP contribution in [0.1, 0.15) is 17.0 Å². The van der Waals surface area contributed by atoms with E-state index in [1.54, 1.807) is 0 Å². The summed E-state index contributed by atoms with van der Waals surface area (Å²) in [5, 5.41) is 13.4. The second-order valence-corrected chi connectivity index (χ2v) is 8.33. The Morgan fingerprint density at radius 3 is 2.72 bits per heavy atom. The molecule has 0 atom stereocenters. The van der Waals surface area contributed by atoms with Gasteiger partial charge in [-0.05, 0) is 19.1 Å². The van der Waals surface area contributed by atoms with Gasteiger partial charge >= 0.3 is 6.18 Å². The van der Waals surface area contributed by atoms with Gasteiger partial charge in [0.15, 0.2) is 5.65 Å². The molecule has 0 saturated heterocycles. The Hall–Kier alpha value is -2.86. The number of nitrogens with zero attached hydrogens (tertiary/aromatic N) is 4. The van der Waals surface area contributed by atoms with Crippen LogP contribution in [0.5, 0.6) is 11.5 Å². The molecule has 2 aromatic heterocycles. The molecule has 12 heteroatoms. The van der Waals surface area contributed by atoms with Crippen molar-refractivity contribution in [1.29, 1.82) is 0 Å². The highest BCUT2D eigenvalue weighted by Gasteiger charge is 2.38. The van der Waals surface area contributed by atoms with Crippen molar-refractivity contribution in [3.63, 3.8) is 0 Å². The Bertz CT molecular complexity index is 1210. The quantitative estimate of drug-likeness (QED) is 0.673. The molecule has 1 aliphatic rings. The Morgan fingerprint density at radius 1 is 1.24 bits per heavy atom. The first kappa shape index (κ1) is 19.5. The van der Waals surface area contributed by atoms with Crippen LogP contribution in [0.2, 0.25) is 0 Å². The summed E-state index contributed by atoms with van der Waals surface area (Å²) in [6, 6.07) is 5.04. The van der Waals surface area contributed by atoms with Crippen molar-refractivity contribution in [2.45, 2.75) is 24.5 Å². The van der Waals surface area contributed by atoms with Crippen molar-refractivity contribution in [3.8, 4) is 11.5 Å². The van der Waals surface area contributed by atoms with Gasteiger partial charge in [0.1, 0.15) is 28.7 Å². The van der Waals surface area contributed by atoms with E-state index in [4.69, 9.17) is 4.74 Å². The maximum atomic E-state index is 13.3. The number of aromatic nitrogens is 3. The summed E-state index contributed by atoms with van der Waals surface area (Å²) < 4.78 is 73.6. The minimum absolute atomic E-state index is 0.00910. The highest BCUT2D eigenvalue weighted by Crippen LogP contribution is 2.34. The molecule has 0 fully saturated rings. The van der Waals surface area contributed by atoms with Gasteiger partial charge in [-0.1, -0.05) is 6.07 Å². The molecule has 1 aliphatic heterocycles. The van der Waals surface area contributed by atoms with Gasteiger partial charge in [-0.15, -0.1) is 0 Å². The Labute approximate surface area is 163 Å². The van der Waals surface area contributed by atoms with Gasteiger partial charge in [-0.25, -0.2) is 17.9 Å². The van der Waals surface area contributed by atoms with Crippen molar-refractivity contribution in [1.82, 2.24) is 18.9 Å². The molecule has 0 radical (unpaired) electrons. The average Bonchev–Trinajstić information content (AvgIpc) is 2.82. The number of hydrogen-bond donors (Lipinski definition) is 1. The first-order valence-electron chi connectivity index (χ1n) is 8.45. The minimum Gasteiger partial charge on any atom is -0.508 e. The van der Waals surface area contributed by atoms with E-state index in [0.29, 0.717) is 15.8 Å². The molecule has 4 rings (SSSR count). The maximum absolute atomic E-state index is 13.3. The predicted octanol–water partition coefficient (Wildman–Crippen LogP) is 2.35. The summed E-state index contributed by atoms with van der Waals surface area (Å²) in [6.45, 7) is 1.22. The zero-order valence-corrected chi connectivity index (χ0v) is 15.8. The molecule has 154 valence electrons. The van der Waals surface area contributed by atoms with Crippen LogP contribution < -0.4 is 4.74 Å². The zero-order chi connectivity index (χ0) is 21.0. The number of phenols is 1. The highest BCUT2D eigenvalue weighted by molar-refractivity contribution is 7.89. The smallest absolute Gasteiger partial charge is 0.433 e. The van der Waals surface area contributed by atoms with Gasteiger partial charge in [-0.3, -0.25) is 0 Å². The molecule has 1 N–H and O–H groups in total. The van der Waals surface area contributed by atoms with Gasteiger partial charge in [-0.2, -0.15) is 22.6 Å². The fraction of sp³-hybridized carbons (Fsp3) is 0.294. The fourth-order valence-electron chi connectivity index (χ4n) is 3.22. The number of fused-ring (bicyclic) bond motifs is 2. The molecule has 0 spiro atoms. The number of halogens is 3. The second-order valence-electron chi connectivity index (χ2n) is 6.46. The van der Waals surface area contributed by atoms with Crippen LogP contribution >= 0.6 is 0 Å². The van der Waals surface area contributed by atoms with Crippen molar-refractivity contribution >= 4 is 15.7 Å². The lowest BCUT2D eigenvalue weighted by molar-refractivity contribution is -0.142. The van der Waals surface area contributed by atoms with Gasteiger partial charge in [0.2, 0.25) is 10.0 Å². The number of rotatable bonds is 2. The molecule has 3 aromatic rings. The third kappa shape index (κ3) is 3.27. The fourth-order valence-corrected chi connectivity index (χ4v) is 4.88. The van der Waals surface area contributed by atoms with Crippen LogP contribution in [-0.4, -0.2) is 45.6 Å². The number of alkyl halides is 3. The van der Waals surface area contributed by atoms with E-state index >= 15 is 0 Å². The van der Waals surface area contributed by atoms with Crippen molar-refractivity contribution < 1.29 is 31.4 Å². The van der Waals surface area contributed by atoms with Crippen LogP contribution in [-0.2, 0) is 22.7 Å². The van der Waals surface area contributed by atoms with E-state index in [0.717, 1.165) is 16.6 Å². The lowest BCUT2D eigenvalue weighted by Crippen LogP contribution is -2.33. The molecule has 0 unspecified atom stereocenters. The monoisotopic (exact) mass is 428 g/mol. The summed E-state index contributed by atoms with van der Waals surface area (Å²) >= 11 is 0. The molecule has 1 aromatic carbocycles. The standard InChI is InChI=1S/C17H15F3N4O4S/c1-10-15(16-21-5-4-14(17(18,19)20)24(16)22-10)29(26,27)23-6-7-28-13-8-12(25)3-2-11(13)9-23/h2-5,8,25H,6-7,9H2,1H3. The molecule has 8 nitrogen and oxygen atoms in total. The Balaban J connectivity index is 1.83. The molecular formula is C17H15F3N4O4S. The average molecular weight is 428 g/mol. The number of aryl methyl sites for hydroxylation is 1. The molecule has 0 amide bonds. The number of hydrogen-bond acceptors (Lipinski definition) is 6. The number of benzene rings is 1. The van der Waals surface area contributed by atoms with E-state index in [1.165, 1.54) is 25.1 Å². The predicted molar refractivity (Wildman–Crippen MR) is 93.9 cm³/mol. The summed E-state index contributed by atoms with van der Waals surface area (Å²) in [5.74, 6) is 0.319. The normalized spacial score (nSPS) is 15.7. The summed E-state index contributed by atoms with van der Waals surface area (Å²) in [7, 11) is -4.24. The lowest BCUT2D eigenvalue weighted by Gasteiger charge is -2.19. The Morgan fingerprint density at radius 2 is 2.00 bits per heavy atom. The van der Waals surface area contributed by atoms with E-state index in [-0.39, 0.29) is 36.0 Å². The number of phenolic OH excluding ortho intramolecular Hbond substituents is 1. The van der Waals surface area contributed by atoms with Crippen LogP contribution in [0.4, 0.5) is 13.2 Å². The van der Waals surface area contributed by atoms with Gasteiger partial charge in [0, 0.05) is 30.9 Å². The number of sulfonamides is 1. The van der Waals surface area contributed by atoms with Crippen LogP contribution in [0.25, 0.3) is 5.65 Å². The molecule has 29 heavy (non-hydrogen) atoms. The van der Waals surface area contributed by atoms with Gasteiger partial charge in [0.25, 0.3) is 0 Å². The van der Waals surface area contributed by atoms with Crippen molar-refractivity contribution in [2.24, 2.45) is 0 Å². The summed E-state index contributed by atoms with van der Waals surface area (Å²) in [4.78, 5) is 3.46. The second kappa shape index (κ2) is 6.59. The molecular weight excluding hydrogens is 413 g/mol. The van der Waals surface area contributed by atoms with Gasteiger partial charge in [0.05, 0.1) is 5.69 Å². The zero-order valence-electron chi connectivity index (χ0n) is 15.0. The summed E-state index contributed by atoms with van der Waals surface area (Å²) in [5.41, 5.74) is -1.09. The van der Waals surface area contributed by atoms with Crippen LogP contribution in [0.15, 0.2) is 35.4 Å². The third-order valence-electron chi connectivity index (χ3n) is 4.52. The maximum Gasteiger partial charge on any atom is 0.433 e. The van der Waals surface area contributed by atoms with Crippen LogP contribution in [0, 0.1) is 6.92 Å². The minimum atomic E-state index is -4.72. The SMILES string of the molecule is Cc1nn2c(C(F)(F)F)ccnc2c1S(=O)(=O)N1CCOc2cc(O)ccc2C1. The molecule has 0 aliphatic carbocycles. The highest BCUT2D eigenvalue weighted by atomic mass is 32.2. The number of ether oxygens (including phenoxy) is 1. The van der Waals surface area contributed by atoms with Gasteiger partial charge < -0.3 is 9.84 Å². The van der Waals surface area contributed by atoms with E-state index in [9.17, 15) is 26.7 Å². The van der Waals surface area contributed by atoms with Crippen molar-refractivity contribution in [3.05, 3.63) is 47.4 Å². The van der Waals surface area contributed by atoms with E-state index in [1.807, 2.05) is 0 Å². The Kier molecular flexibility index (Phi) is 4.42. The topological polar surface area (TPSA) is 97.0 Å². The van der Waals surface area contributed by atoms with Crippen LogP contribution in [0.3, 0.4) is 0 Å². The molecule has 3 heterocycles. The third-order valence-corrected chi connectivity index (χ3v) is 6.51. The van der Waals surface area contributed by atoms with Crippen molar-refractivity contribution in [2.75, 3.05) is 13.2 Å². The largest absolute Gasteiger partial charge is 0.508 e. The lowest BCUT2D eigenvalue weighted by atomic mass is 10.2. The summed E-state index contributed by atoms with van der Waals surface area (Å²) in [6.07, 6.45) is -3.82. The van der Waals surface area contributed by atoms with E-state index < -0.39 is 27.5 Å². The first-order chi connectivity index (χ1) is 13.6. The van der Waals surface area contributed by atoms with E-state index in [2.05, 4.69) is 10.1 Å². The number of aromatic hydroxyl groups is 1. The first-order valence-corrected chi connectivity index (χ1v) is 9.89.